The smallest absolute Gasteiger partial charge is 0.326 e. The maximum absolute atomic E-state index is 12.7. The number of carboxylic acid groups (broad SMARTS) is 1. The minimum Gasteiger partial charge on any atom is -0.480 e. The molecule has 0 aromatic rings. The van der Waals surface area contributed by atoms with Gasteiger partial charge in [0.15, 0.2) is 0 Å². The number of carboxylic acids is 1. The molecule has 1 aliphatic heterocycles. The number of carbonyl (C=O) groups is 4. The van der Waals surface area contributed by atoms with Crippen LogP contribution in [0.15, 0.2) is 0 Å². The van der Waals surface area contributed by atoms with E-state index in [2.05, 4.69) is 10.6 Å². The molecule has 0 saturated carbocycles. The highest BCUT2D eigenvalue weighted by molar-refractivity contribution is 7.98. The lowest BCUT2D eigenvalue weighted by molar-refractivity contribution is -0.149. The van der Waals surface area contributed by atoms with Crippen molar-refractivity contribution in [3.8, 4) is 0 Å². The van der Waals surface area contributed by atoms with E-state index in [-0.39, 0.29) is 5.92 Å². The predicted octanol–water partition coefficient (Wildman–Crippen LogP) is -0.212. The third-order valence-electron chi connectivity index (χ3n) is 4.81. The van der Waals surface area contributed by atoms with E-state index in [1.54, 1.807) is 0 Å². The number of carbonyl (C=O) groups excluding carboxylic acids is 3. The fourth-order valence-electron chi connectivity index (χ4n) is 2.99. The molecule has 0 unspecified atom stereocenters. The van der Waals surface area contributed by atoms with Crippen LogP contribution in [0.2, 0.25) is 0 Å². The molecule has 1 aliphatic rings. The molecule has 1 rings (SSSR count). The lowest BCUT2D eigenvalue weighted by atomic mass is 10.0. The molecule has 0 aromatic carbocycles. The Morgan fingerprint density at radius 3 is 2.36 bits per heavy atom. The zero-order valence-electron chi connectivity index (χ0n) is 16.9. The van der Waals surface area contributed by atoms with E-state index in [0.717, 1.165) is 0 Å². The molecular weight excluding hydrogens is 384 g/mol. The molecule has 0 spiro atoms. The summed E-state index contributed by atoms with van der Waals surface area (Å²) in [6.45, 7) is 5.50. The van der Waals surface area contributed by atoms with Crippen molar-refractivity contribution in [3.63, 3.8) is 0 Å². The summed E-state index contributed by atoms with van der Waals surface area (Å²) in [5.74, 6) is -1.81. The molecule has 3 amide bonds. The van der Waals surface area contributed by atoms with Crippen LogP contribution >= 0.6 is 11.8 Å². The third kappa shape index (κ3) is 6.66. The first-order valence-electron chi connectivity index (χ1n) is 9.48. The highest BCUT2D eigenvalue weighted by atomic mass is 32.2. The van der Waals surface area contributed by atoms with Gasteiger partial charge in [0.2, 0.25) is 17.7 Å². The zero-order valence-corrected chi connectivity index (χ0v) is 17.8. The molecule has 0 bridgehead atoms. The number of nitrogens with two attached hydrogens (primary N) is 1. The van der Waals surface area contributed by atoms with Crippen molar-refractivity contribution in [1.82, 2.24) is 15.5 Å². The maximum Gasteiger partial charge on any atom is 0.326 e. The number of likely N-dealkylation sites (tertiary alicyclic amines) is 1. The van der Waals surface area contributed by atoms with Crippen LogP contribution in [0, 0.1) is 5.92 Å². The van der Waals surface area contributed by atoms with E-state index < -0.39 is 47.9 Å². The van der Waals surface area contributed by atoms with Crippen molar-refractivity contribution >= 4 is 35.5 Å². The number of rotatable bonds is 10. The normalized spacial score (nSPS) is 19.8. The molecule has 1 saturated heterocycles. The molecule has 0 aliphatic carbocycles. The third-order valence-corrected chi connectivity index (χ3v) is 5.46. The fourth-order valence-corrected chi connectivity index (χ4v) is 3.46. The van der Waals surface area contributed by atoms with Gasteiger partial charge in [0.05, 0.1) is 6.04 Å². The van der Waals surface area contributed by atoms with Crippen LogP contribution in [-0.2, 0) is 19.2 Å². The van der Waals surface area contributed by atoms with Crippen molar-refractivity contribution in [1.29, 1.82) is 0 Å². The highest BCUT2D eigenvalue weighted by Gasteiger charge is 2.37. The van der Waals surface area contributed by atoms with Gasteiger partial charge in [-0.2, -0.15) is 11.8 Å². The molecule has 4 atom stereocenters. The van der Waals surface area contributed by atoms with Gasteiger partial charge in [0.1, 0.15) is 18.1 Å². The van der Waals surface area contributed by atoms with Crippen LogP contribution in [0.4, 0.5) is 0 Å². The summed E-state index contributed by atoms with van der Waals surface area (Å²) in [6, 6.07) is -3.29. The van der Waals surface area contributed by atoms with Gasteiger partial charge in [0.25, 0.3) is 0 Å². The molecule has 1 fully saturated rings. The van der Waals surface area contributed by atoms with Crippen LogP contribution in [0.5, 0.6) is 0 Å². The van der Waals surface area contributed by atoms with Crippen molar-refractivity contribution in [3.05, 3.63) is 0 Å². The molecule has 10 heteroatoms. The van der Waals surface area contributed by atoms with Crippen LogP contribution in [0.25, 0.3) is 0 Å². The van der Waals surface area contributed by atoms with Crippen molar-refractivity contribution in [2.75, 3.05) is 18.6 Å². The van der Waals surface area contributed by atoms with Crippen LogP contribution in [0.1, 0.15) is 40.0 Å². The van der Waals surface area contributed by atoms with Gasteiger partial charge in [-0.05, 0) is 44.1 Å². The van der Waals surface area contributed by atoms with E-state index in [1.165, 1.54) is 23.6 Å². The van der Waals surface area contributed by atoms with Gasteiger partial charge in [-0.25, -0.2) is 4.79 Å². The minimum atomic E-state index is -1.04. The number of hydrogen-bond donors (Lipinski definition) is 4. The Bertz CT molecular complexity index is 586. The maximum atomic E-state index is 12.7. The minimum absolute atomic E-state index is 0.0760. The Morgan fingerprint density at radius 1 is 1.18 bits per heavy atom. The van der Waals surface area contributed by atoms with Crippen LogP contribution in [-0.4, -0.2) is 76.4 Å². The molecule has 0 aromatic heterocycles. The van der Waals surface area contributed by atoms with Gasteiger partial charge in [-0.3, -0.25) is 14.4 Å². The number of nitrogens with zero attached hydrogens (tertiary/aromatic N) is 1. The van der Waals surface area contributed by atoms with E-state index in [1.807, 2.05) is 20.1 Å². The standard InChI is InChI=1S/C18H32N4O5S/c1-10(2)14(19)16(24)21-12(7-9-28-4)15(23)20-11(3)17(25)22-8-5-6-13(22)18(26)27/h10-14H,5-9,19H2,1-4H3,(H,20,23)(H,21,24)(H,26,27)/t11-,12-,13-,14-/m0/s1. The number of nitrogens with one attached hydrogen (secondary N) is 2. The lowest BCUT2D eigenvalue weighted by Gasteiger charge is -2.27. The van der Waals surface area contributed by atoms with Gasteiger partial charge in [0, 0.05) is 6.54 Å². The summed E-state index contributed by atoms with van der Waals surface area (Å²) in [5.41, 5.74) is 5.85. The molecule has 1 heterocycles. The van der Waals surface area contributed by atoms with E-state index in [4.69, 9.17) is 5.73 Å². The summed E-state index contributed by atoms with van der Waals surface area (Å²) in [6.07, 6.45) is 3.30. The largest absolute Gasteiger partial charge is 0.480 e. The highest BCUT2D eigenvalue weighted by Crippen LogP contribution is 2.18. The first-order valence-corrected chi connectivity index (χ1v) is 10.9. The first kappa shape index (κ1) is 24.2. The quantitative estimate of drug-likeness (QED) is 0.386. The van der Waals surface area contributed by atoms with Gasteiger partial charge in [-0.15, -0.1) is 0 Å². The number of hydrogen-bond acceptors (Lipinski definition) is 6. The average molecular weight is 417 g/mol. The Labute approximate surface area is 170 Å². The van der Waals surface area contributed by atoms with Gasteiger partial charge < -0.3 is 26.4 Å². The average Bonchev–Trinajstić information content (AvgIpc) is 3.13. The predicted molar refractivity (Wildman–Crippen MR) is 108 cm³/mol. The molecule has 160 valence electrons. The Morgan fingerprint density at radius 2 is 1.82 bits per heavy atom. The van der Waals surface area contributed by atoms with Gasteiger partial charge in [-0.1, -0.05) is 13.8 Å². The topological polar surface area (TPSA) is 142 Å². The van der Waals surface area contributed by atoms with Gasteiger partial charge >= 0.3 is 5.97 Å². The number of thioether (sulfide) groups is 1. The number of amides is 3. The summed E-state index contributed by atoms with van der Waals surface area (Å²) in [7, 11) is 0. The summed E-state index contributed by atoms with van der Waals surface area (Å²) >= 11 is 1.54. The monoisotopic (exact) mass is 416 g/mol. The molecule has 28 heavy (non-hydrogen) atoms. The van der Waals surface area contributed by atoms with E-state index in [0.29, 0.717) is 31.6 Å². The Kier molecular flexibility index (Phi) is 9.74. The van der Waals surface area contributed by atoms with Crippen LogP contribution < -0.4 is 16.4 Å². The lowest BCUT2D eigenvalue weighted by Crippen LogP contribution is -2.57. The Balaban J connectivity index is 2.76. The second-order valence-electron chi connectivity index (χ2n) is 7.37. The SMILES string of the molecule is CSCC[C@H](NC(=O)[C@@H](N)C(C)C)C(=O)N[C@@H](C)C(=O)N1CCC[C@H]1C(=O)O. The van der Waals surface area contributed by atoms with E-state index in [9.17, 15) is 24.3 Å². The number of aliphatic carboxylic acids is 1. The molecular formula is C18H32N4O5S. The zero-order chi connectivity index (χ0) is 21.4. The van der Waals surface area contributed by atoms with Crippen molar-refractivity contribution < 1.29 is 24.3 Å². The van der Waals surface area contributed by atoms with Crippen LogP contribution in [0.3, 0.4) is 0 Å². The summed E-state index contributed by atoms with van der Waals surface area (Å²) in [5, 5.41) is 14.5. The Hall–Kier alpha value is -1.81. The second-order valence-corrected chi connectivity index (χ2v) is 8.36. The molecule has 5 N–H and O–H groups in total. The van der Waals surface area contributed by atoms with Crippen molar-refractivity contribution in [2.45, 2.75) is 64.2 Å². The fraction of sp³-hybridized carbons (Fsp3) is 0.778. The van der Waals surface area contributed by atoms with E-state index >= 15 is 0 Å². The van der Waals surface area contributed by atoms with Crippen molar-refractivity contribution in [2.24, 2.45) is 11.7 Å². The summed E-state index contributed by atoms with van der Waals surface area (Å²) in [4.78, 5) is 50.1. The molecule has 9 nitrogen and oxygen atoms in total. The molecule has 0 radical (unpaired) electrons. The summed E-state index contributed by atoms with van der Waals surface area (Å²) < 4.78 is 0. The second kappa shape index (κ2) is 11.3. The first-order chi connectivity index (χ1) is 13.1.